The highest BCUT2D eigenvalue weighted by molar-refractivity contribution is 7.21. The average molecular weight is 406 g/mol. The van der Waals surface area contributed by atoms with Crippen LogP contribution in [0.25, 0.3) is 10.2 Å². The molecule has 0 radical (unpaired) electrons. The molecule has 0 unspecified atom stereocenters. The minimum atomic E-state index is -0.540. The lowest BCUT2D eigenvalue weighted by molar-refractivity contribution is 0.0255. The van der Waals surface area contributed by atoms with Crippen molar-refractivity contribution < 1.29 is 14.3 Å². The summed E-state index contributed by atoms with van der Waals surface area (Å²) in [5, 5.41) is 9.13. The molecule has 28 heavy (non-hydrogen) atoms. The molecular formula is C19H27N5O3S. The SMILES string of the molecule is Cc1nnc2sc(C(=O)N3CCCN(C(=O)OC(C)(C)C)CC3)c(N)c2c1C. The van der Waals surface area contributed by atoms with Crippen LogP contribution in [0.4, 0.5) is 10.5 Å². The number of aromatic nitrogens is 2. The van der Waals surface area contributed by atoms with Crippen molar-refractivity contribution in [3.8, 4) is 0 Å². The molecule has 1 aliphatic rings. The van der Waals surface area contributed by atoms with Crippen LogP contribution in [-0.4, -0.2) is 63.8 Å². The summed E-state index contributed by atoms with van der Waals surface area (Å²) in [4.78, 5) is 30.0. The molecule has 3 rings (SSSR count). The normalized spacial score (nSPS) is 15.6. The Hall–Kier alpha value is -2.42. The van der Waals surface area contributed by atoms with Crippen LogP contribution in [0.15, 0.2) is 0 Å². The molecule has 0 spiro atoms. The maximum Gasteiger partial charge on any atom is 0.410 e. The minimum Gasteiger partial charge on any atom is -0.444 e. The number of rotatable bonds is 1. The molecule has 0 saturated carbocycles. The molecule has 9 heteroatoms. The van der Waals surface area contributed by atoms with Crippen LogP contribution in [0, 0.1) is 13.8 Å². The zero-order valence-electron chi connectivity index (χ0n) is 17.0. The molecule has 0 bridgehead atoms. The van der Waals surface area contributed by atoms with Crippen LogP contribution in [0.3, 0.4) is 0 Å². The summed E-state index contributed by atoms with van der Waals surface area (Å²) in [6, 6.07) is 0. The smallest absolute Gasteiger partial charge is 0.410 e. The quantitative estimate of drug-likeness (QED) is 0.783. The van der Waals surface area contributed by atoms with Crippen molar-refractivity contribution >= 4 is 39.2 Å². The Labute approximate surface area is 168 Å². The standard InChI is InChI=1S/C19H27N5O3S/c1-11-12(2)21-22-16-13(11)14(20)15(28-16)17(25)23-7-6-8-24(10-9-23)18(26)27-19(3,4)5/h6-10,20H2,1-5H3. The number of ether oxygens (including phenoxy) is 1. The highest BCUT2D eigenvalue weighted by Gasteiger charge is 2.28. The van der Waals surface area contributed by atoms with Crippen LogP contribution < -0.4 is 5.73 Å². The van der Waals surface area contributed by atoms with Crippen molar-refractivity contribution in [1.29, 1.82) is 0 Å². The summed E-state index contributed by atoms with van der Waals surface area (Å²) in [5.74, 6) is -0.122. The summed E-state index contributed by atoms with van der Waals surface area (Å²) in [7, 11) is 0. The lowest BCUT2D eigenvalue weighted by Crippen LogP contribution is -2.40. The van der Waals surface area contributed by atoms with Gasteiger partial charge in [-0.05, 0) is 46.6 Å². The van der Waals surface area contributed by atoms with Crippen molar-refractivity contribution in [3.05, 3.63) is 16.1 Å². The number of nitrogen functional groups attached to an aromatic ring is 1. The van der Waals surface area contributed by atoms with Crippen molar-refractivity contribution in [3.63, 3.8) is 0 Å². The van der Waals surface area contributed by atoms with E-state index in [1.54, 1.807) is 9.80 Å². The molecule has 0 aromatic carbocycles. The van der Waals surface area contributed by atoms with Gasteiger partial charge in [-0.15, -0.1) is 16.4 Å². The van der Waals surface area contributed by atoms with Crippen molar-refractivity contribution in [1.82, 2.24) is 20.0 Å². The zero-order valence-corrected chi connectivity index (χ0v) is 17.9. The molecule has 2 aromatic heterocycles. The molecule has 1 fully saturated rings. The number of nitrogens with zero attached hydrogens (tertiary/aromatic N) is 4. The zero-order chi connectivity index (χ0) is 20.6. The van der Waals surface area contributed by atoms with E-state index in [4.69, 9.17) is 10.5 Å². The van der Waals surface area contributed by atoms with Crippen molar-refractivity contribution in [2.45, 2.75) is 46.6 Å². The number of nitrogens with two attached hydrogens (primary N) is 1. The maximum atomic E-state index is 13.1. The van der Waals surface area contributed by atoms with Gasteiger partial charge in [0.25, 0.3) is 5.91 Å². The largest absolute Gasteiger partial charge is 0.444 e. The van der Waals surface area contributed by atoms with E-state index in [0.29, 0.717) is 48.0 Å². The molecule has 0 atom stereocenters. The Morgan fingerprint density at radius 1 is 1.07 bits per heavy atom. The molecule has 0 aliphatic carbocycles. The summed E-state index contributed by atoms with van der Waals surface area (Å²) >= 11 is 1.28. The van der Waals surface area contributed by atoms with Gasteiger partial charge in [0.2, 0.25) is 0 Å². The van der Waals surface area contributed by atoms with Crippen molar-refractivity contribution in [2.75, 3.05) is 31.9 Å². The number of amides is 2. The van der Waals surface area contributed by atoms with Gasteiger partial charge in [0.1, 0.15) is 15.3 Å². The number of hydrogen-bond donors (Lipinski definition) is 1. The summed E-state index contributed by atoms with van der Waals surface area (Å²) in [5.41, 5.74) is 7.99. The predicted octanol–water partition coefficient (Wildman–Crippen LogP) is 2.97. The second-order valence-electron chi connectivity index (χ2n) is 8.05. The molecule has 2 aromatic rings. The molecule has 2 N–H and O–H groups in total. The molecule has 1 aliphatic heterocycles. The molecule has 2 amide bonds. The number of carbonyl (C=O) groups is 2. The third-order valence-electron chi connectivity index (χ3n) is 4.76. The van der Waals surface area contributed by atoms with E-state index in [0.717, 1.165) is 16.6 Å². The van der Waals surface area contributed by atoms with Crippen LogP contribution in [0.1, 0.15) is 48.1 Å². The van der Waals surface area contributed by atoms with Crippen molar-refractivity contribution in [2.24, 2.45) is 0 Å². The van der Waals surface area contributed by atoms with Gasteiger partial charge in [-0.2, -0.15) is 5.10 Å². The van der Waals surface area contributed by atoms with Crippen LogP contribution in [0.2, 0.25) is 0 Å². The third-order valence-corrected chi connectivity index (χ3v) is 5.84. The molecular weight excluding hydrogens is 378 g/mol. The topological polar surface area (TPSA) is 102 Å². The molecule has 8 nitrogen and oxygen atoms in total. The first-order valence-corrected chi connectivity index (χ1v) is 10.2. The number of aryl methyl sites for hydroxylation is 2. The van der Waals surface area contributed by atoms with Gasteiger partial charge in [-0.3, -0.25) is 4.79 Å². The fourth-order valence-corrected chi connectivity index (χ4v) is 4.24. The van der Waals surface area contributed by atoms with Crippen LogP contribution in [-0.2, 0) is 4.74 Å². The van der Waals surface area contributed by atoms with Gasteiger partial charge >= 0.3 is 6.09 Å². The van der Waals surface area contributed by atoms with E-state index in [1.165, 1.54) is 11.3 Å². The Bertz CT molecular complexity index is 918. The number of hydrogen-bond acceptors (Lipinski definition) is 7. The van der Waals surface area contributed by atoms with Crippen LogP contribution in [0.5, 0.6) is 0 Å². The Morgan fingerprint density at radius 3 is 2.39 bits per heavy atom. The van der Waals surface area contributed by atoms with Gasteiger partial charge in [-0.25, -0.2) is 4.79 Å². The Kier molecular flexibility index (Phi) is 5.47. The Balaban J connectivity index is 1.77. The first kappa shape index (κ1) is 20.3. The highest BCUT2D eigenvalue weighted by atomic mass is 32.1. The lowest BCUT2D eigenvalue weighted by atomic mass is 10.1. The Morgan fingerprint density at radius 2 is 1.71 bits per heavy atom. The van der Waals surface area contributed by atoms with E-state index in [2.05, 4.69) is 10.2 Å². The van der Waals surface area contributed by atoms with Crippen LogP contribution >= 0.6 is 11.3 Å². The van der Waals surface area contributed by atoms with E-state index in [9.17, 15) is 9.59 Å². The van der Waals surface area contributed by atoms with E-state index in [1.807, 2.05) is 34.6 Å². The number of anilines is 1. The number of thiophene rings is 1. The van der Waals surface area contributed by atoms with E-state index < -0.39 is 5.60 Å². The first-order chi connectivity index (χ1) is 13.1. The molecule has 152 valence electrons. The molecule has 1 saturated heterocycles. The average Bonchev–Trinajstić information content (AvgIpc) is 2.79. The highest BCUT2D eigenvalue weighted by Crippen LogP contribution is 2.35. The van der Waals surface area contributed by atoms with Gasteiger partial charge < -0.3 is 20.3 Å². The second kappa shape index (κ2) is 7.54. The monoisotopic (exact) mass is 405 g/mol. The fraction of sp³-hybridized carbons (Fsp3) is 0.579. The maximum absolute atomic E-state index is 13.1. The second-order valence-corrected chi connectivity index (χ2v) is 9.05. The fourth-order valence-electron chi connectivity index (χ4n) is 3.17. The van der Waals surface area contributed by atoms with Gasteiger partial charge in [-0.1, -0.05) is 0 Å². The van der Waals surface area contributed by atoms with Gasteiger partial charge in [0.05, 0.1) is 11.4 Å². The van der Waals surface area contributed by atoms with Gasteiger partial charge in [0.15, 0.2) is 0 Å². The predicted molar refractivity (Wildman–Crippen MR) is 110 cm³/mol. The summed E-state index contributed by atoms with van der Waals surface area (Å²) < 4.78 is 5.45. The third kappa shape index (κ3) is 4.04. The summed E-state index contributed by atoms with van der Waals surface area (Å²) in [6.07, 6.45) is 0.345. The minimum absolute atomic E-state index is 0.122. The number of fused-ring (bicyclic) bond motifs is 1. The van der Waals surface area contributed by atoms with Gasteiger partial charge in [0, 0.05) is 31.6 Å². The van der Waals surface area contributed by atoms with E-state index >= 15 is 0 Å². The number of carbonyl (C=O) groups excluding carboxylic acids is 2. The lowest BCUT2D eigenvalue weighted by Gasteiger charge is -2.26. The molecule has 3 heterocycles. The van der Waals surface area contributed by atoms with E-state index in [-0.39, 0.29) is 12.0 Å². The summed E-state index contributed by atoms with van der Waals surface area (Å²) in [6.45, 7) is 11.3. The first-order valence-electron chi connectivity index (χ1n) is 9.37.